The van der Waals surface area contributed by atoms with Crippen molar-refractivity contribution >= 4 is 11.7 Å². The van der Waals surface area contributed by atoms with Gasteiger partial charge < -0.3 is 14.8 Å². The van der Waals surface area contributed by atoms with E-state index < -0.39 is 0 Å². The Morgan fingerprint density at radius 2 is 2.00 bits per heavy atom. The van der Waals surface area contributed by atoms with Gasteiger partial charge in [0.1, 0.15) is 11.6 Å². The fraction of sp³-hybridized carbons (Fsp3) is 0.200. The van der Waals surface area contributed by atoms with Gasteiger partial charge in [0, 0.05) is 17.9 Å². The predicted octanol–water partition coefficient (Wildman–Crippen LogP) is 3.27. The quantitative estimate of drug-likeness (QED) is 0.774. The molecule has 2 aliphatic heterocycles. The van der Waals surface area contributed by atoms with E-state index in [9.17, 15) is 9.18 Å². The number of nitrogens with zero attached hydrogens (tertiary/aromatic N) is 2. The van der Waals surface area contributed by atoms with Crippen LogP contribution in [0.4, 0.5) is 10.2 Å². The number of halogens is 1. The first-order valence-electron chi connectivity index (χ1n) is 8.67. The highest BCUT2D eigenvalue weighted by Gasteiger charge is 2.31. The van der Waals surface area contributed by atoms with Crippen molar-refractivity contribution < 1.29 is 18.7 Å². The molecule has 1 amide bonds. The van der Waals surface area contributed by atoms with Gasteiger partial charge in [-0.05, 0) is 29.3 Å². The van der Waals surface area contributed by atoms with E-state index in [1.807, 2.05) is 18.2 Å². The molecule has 5 rings (SSSR count). The van der Waals surface area contributed by atoms with E-state index in [0.717, 1.165) is 11.1 Å². The smallest absolute Gasteiger partial charge is 0.231 e. The third-order valence-corrected chi connectivity index (χ3v) is 4.94. The van der Waals surface area contributed by atoms with E-state index in [-0.39, 0.29) is 30.9 Å². The molecule has 0 aliphatic carbocycles. The molecule has 0 radical (unpaired) electrons. The molecule has 2 aromatic carbocycles. The number of carbonyl (C=O) groups is 1. The standard InChI is InChI=1S/C20H16FN3O3/c21-16-4-2-1-3-13(16)14-8-19(25)23-20-15(14)9-22-24(20)10-12-5-6-17-18(7-12)27-11-26-17/h1-7,9,14H,8,10-11H2,(H,23,25). The summed E-state index contributed by atoms with van der Waals surface area (Å²) in [5.41, 5.74) is 2.30. The second kappa shape index (κ2) is 6.12. The highest BCUT2D eigenvalue weighted by molar-refractivity contribution is 5.94. The zero-order valence-corrected chi connectivity index (χ0v) is 14.3. The van der Waals surface area contributed by atoms with Crippen LogP contribution >= 0.6 is 0 Å². The number of amides is 1. The summed E-state index contributed by atoms with van der Waals surface area (Å²) in [6, 6.07) is 12.2. The maximum Gasteiger partial charge on any atom is 0.231 e. The summed E-state index contributed by atoms with van der Waals surface area (Å²) in [6.07, 6.45) is 1.91. The van der Waals surface area contributed by atoms with E-state index >= 15 is 0 Å². The number of ether oxygens (including phenoxy) is 2. The van der Waals surface area contributed by atoms with Crippen LogP contribution in [0.2, 0.25) is 0 Å². The van der Waals surface area contributed by atoms with Crippen molar-refractivity contribution in [3.63, 3.8) is 0 Å². The van der Waals surface area contributed by atoms with Crippen LogP contribution in [0.25, 0.3) is 0 Å². The molecule has 1 aromatic heterocycles. The number of nitrogens with one attached hydrogen (secondary N) is 1. The van der Waals surface area contributed by atoms with Crippen molar-refractivity contribution in [2.75, 3.05) is 12.1 Å². The van der Waals surface area contributed by atoms with E-state index in [0.29, 0.717) is 29.4 Å². The Balaban J connectivity index is 1.50. The van der Waals surface area contributed by atoms with E-state index in [4.69, 9.17) is 9.47 Å². The molecule has 0 saturated carbocycles. The summed E-state index contributed by atoms with van der Waals surface area (Å²) in [5.74, 6) is 1.21. The zero-order valence-electron chi connectivity index (χ0n) is 14.3. The molecule has 0 spiro atoms. The van der Waals surface area contributed by atoms with E-state index in [1.54, 1.807) is 29.1 Å². The first-order chi connectivity index (χ1) is 13.2. The Bertz CT molecular complexity index is 1050. The maximum absolute atomic E-state index is 14.3. The lowest BCUT2D eigenvalue weighted by Gasteiger charge is -2.24. The molecule has 0 bridgehead atoms. The number of rotatable bonds is 3. The highest BCUT2D eigenvalue weighted by atomic mass is 19.1. The summed E-state index contributed by atoms with van der Waals surface area (Å²) in [4.78, 5) is 12.3. The average molecular weight is 365 g/mol. The molecule has 1 unspecified atom stereocenters. The summed E-state index contributed by atoms with van der Waals surface area (Å²) in [5, 5.41) is 7.32. The third-order valence-electron chi connectivity index (χ3n) is 4.94. The van der Waals surface area contributed by atoms with Gasteiger partial charge in [-0.1, -0.05) is 24.3 Å². The normalized spacial score (nSPS) is 17.5. The lowest BCUT2D eigenvalue weighted by atomic mass is 9.87. The second-order valence-electron chi connectivity index (χ2n) is 6.62. The molecule has 1 N–H and O–H groups in total. The first-order valence-corrected chi connectivity index (χ1v) is 8.67. The van der Waals surface area contributed by atoms with Crippen LogP contribution in [0.3, 0.4) is 0 Å². The molecule has 0 saturated heterocycles. The number of hydrogen-bond donors (Lipinski definition) is 1. The van der Waals surface area contributed by atoms with Crippen molar-refractivity contribution in [3.05, 3.63) is 71.2 Å². The fourth-order valence-corrected chi connectivity index (χ4v) is 3.64. The lowest BCUT2D eigenvalue weighted by Crippen LogP contribution is -2.25. The van der Waals surface area contributed by atoms with Gasteiger partial charge in [0.2, 0.25) is 12.7 Å². The highest BCUT2D eigenvalue weighted by Crippen LogP contribution is 2.38. The van der Waals surface area contributed by atoms with Crippen molar-refractivity contribution in [2.45, 2.75) is 18.9 Å². The van der Waals surface area contributed by atoms with Gasteiger partial charge in [-0.3, -0.25) is 4.79 Å². The van der Waals surface area contributed by atoms with Crippen LogP contribution in [0, 0.1) is 5.82 Å². The monoisotopic (exact) mass is 365 g/mol. The molecule has 6 nitrogen and oxygen atoms in total. The van der Waals surface area contributed by atoms with Crippen LogP contribution in [0.1, 0.15) is 29.0 Å². The van der Waals surface area contributed by atoms with Gasteiger partial charge in [-0.15, -0.1) is 0 Å². The predicted molar refractivity (Wildman–Crippen MR) is 95.4 cm³/mol. The minimum absolute atomic E-state index is 0.150. The molecular formula is C20H16FN3O3. The molecule has 3 heterocycles. The zero-order chi connectivity index (χ0) is 18.4. The molecule has 1 atom stereocenters. The first kappa shape index (κ1) is 15.9. The maximum atomic E-state index is 14.3. The van der Waals surface area contributed by atoms with Crippen molar-refractivity contribution in [2.24, 2.45) is 0 Å². The summed E-state index contributed by atoms with van der Waals surface area (Å²) < 4.78 is 26.8. The van der Waals surface area contributed by atoms with Gasteiger partial charge in [0.05, 0.1) is 12.7 Å². The average Bonchev–Trinajstić information content (AvgIpc) is 3.28. The van der Waals surface area contributed by atoms with Gasteiger partial charge >= 0.3 is 0 Å². The molecule has 27 heavy (non-hydrogen) atoms. The van der Waals surface area contributed by atoms with E-state index in [1.165, 1.54) is 6.07 Å². The van der Waals surface area contributed by atoms with Crippen molar-refractivity contribution in [1.82, 2.24) is 9.78 Å². The Morgan fingerprint density at radius 1 is 1.15 bits per heavy atom. The summed E-state index contributed by atoms with van der Waals surface area (Å²) in [7, 11) is 0. The van der Waals surface area contributed by atoms with Gasteiger partial charge in [0.25, 0.3) is 0 Å². The number of anilines is 1. The summed E-state index contributed by atoms with van der Waals surface area (Å²) >= 11 is 0. The number of hydrogen-bond acceptors (Lipinski definition) is 4. The Hall–Kier alpha value is -3.35. The number of aromatic nitrogens is 2. The van der Waals surface area contributed by atoms with Gasteiger partial charge in [0.15, 0.2) is 11.5 Å². The SMILES string of the molecule is O=C1CC(c2ccccc2F)c2cnn(Cc3ccc4c(c3)OCO4)c2N1. The number of benzene rings is 2. The minimum atomic E-state index is -0.347. The van der Waals surface area contributed by atoms with Crippen LogP contribution < -0.4 is 14.8 Å². The van der Waals surface area contributed by atoms with Gasteiger partial charge in [-0.2, -0.15) is 5.10 Å². The molecular weight excluding hydrogens is 349 g/mol. The molecule has 0 fully saturated rings. The second-order valence-corrected chi connectivity index (χ2v) is 6.62. The Morgan fingerprint density at radius 3 is 2.89 bits per heavy atom. The molecule has 3 aromatic rings. The van der Waals surface area contributed by atoms with E-state index in [2.05, 4.69) is 10.4 Å². The lowest BCUT2D eigenvalue weighted by molar-refractivity contribution is -0.116. The largest absolute Gasteiger partial charge is 0.454 e. The summed E-state index contributed by atoms with van der Waals surface area (Å²) in [6.45, 7) is 0.673. The van der Waals surface area contributed by atoms with Crippen LogP contribution in [0.15, 0.2) is 48.7 Å². The third kappa shape index (κ3) is 2.71. The number of carbonyl (C=O) groups excluding carboxylic acids is 1. The molecule has 136 valence electrons. The van der Waals surface area contributed by atoms with Crippen molar-refractivity contribution in [3.8, 4) is 11.5 Å². The minimum Gasteiger partial charge on any atom is -0.454 e. The van der Waals surface area contributed by atoms with Crippen molar-refractivity contribution in [1.29, 1.82) is 0 Å². The van der Waals surface area contributed by atoms with Crippen LogP contribution in [-0.2, 0) is 11.3 Å². The molecule has 7 heteroatoms. The Kier molecular flexibility index (Phi) is 3.60. The number of fused-ring (bicyclic) bond motifs is 2. The Labute approximate surface area is 154 Å². The topological polar surface area (TPSA) is 65.4 Å². The molecule has 2 aliphatic rings. The van der Waals surface area contributed by atoms with Crippen LogP contribution in [-0.4, -0.2) is 22.5 Å². The van der Waals surface area contributed by atoms with Gasteiger partial charge in [-0.25, -0.2) is 9.07 Å². The van der Waals surface area contributed by atoms with Crippen LogP contribution in [0.5, 0.6) is 11.5 Å². The fourth-order valence-electron chi connectivity index (χ4n) is 3.64.